The van der Waals surface area contributed by atoms with Gasteiger partial charge in [0.15, 0.2) is 0 Å². The summed E-state index contributed by atoms with van der Waals surface area (Å²) in [6.07, 6.45) is 8.96. The fourth-order valence-corrected chi connectivity index (χ4v) is 9.54. The maximum absolute atomic E-state index is 15.3. The first kappa shape index (κ1) is 45.1. The molecule has 3 aromatic heterocycles. The predicted octanol–water partition coefficient (Wildman–Crippen LogP) is 15.9. The van der Waals surface area contributed by atoms with Gasteiger partial charge in [-0.25, -0.2) is 8.78 Å². The topological polar surface area (TPSA) is 62.5 Å². The molecule has 0 aliphatic carbocycles. The summed E-state index contributed by atoms with van der Waals surface area (Å²) < 4.78 is 30.6. The minimum atomic E-state index is -0.829. The number of aryl methyl sites for hydroxylation is 4. The molecule has 0 aliphatic heterocycles. The summed E-state index contributed by atoms with van der Waals surface area (Å²) in [4.78, 5) is 13.8. The standard InChI is InChI=1S/C64H48F2N4/c1-42-62(43(2)64(66)58(41-67)63(42)65)51-30-28-48(29-31-51)57-40-52(61-15-7-10-36-70-61)32-33-56(57)55-12-4-3-11-54(55)53-38-46(18-16-44-20-24-49(25-21-44)59-13-5-8-34-68-59)37-47(39-53)19-17-45-22-26-50(27-23-45)60-14-6-9-35-69-60/h3-15,20-40H,16-19H2,1-2H3. The van der Waals surface area contributed by atoms with E-state index >= 15 is 8.78 Å². The number of rotatable bonds is 13. The quantitative estimate of drug-likeness (QED) is 0.116. The molecule has 0 fully saturated rings. The summed E-state index contributed by atoms with van der Waals surface area (Å²) in [6.45, 7) is 3.19. The minimum absolute atomic E-state index is 0.244. The molecule has 0 N–H and O–H groups in total. The number of nitriles is 1. The highest BCUT2D eigenvalue weighted by Gasteiger charge is 2.22. The van der Waals surface area contributed by atoms with Crippen LogP contribution in [0, 0.1) is 36.8 Å². The molecule has 338 valence electrons. The maximum atomic E-state index is 15.3. The fraction of sp³-hybridized carbons (Fsp3) is 0.0938. The number of hydrogen-bond donors (Lipinski definition) is 0. The van der Waals surface area contributed by atoms with E-state index in [1.807, 2.05) is 91.3 Å². The number of halogens is 2. The Morgan fingerprint density at radius 1 is 0.371 bits per heavy atom. The van der Waals surface area contributed by atoms with Crippen molar-refractivity contribution in [1.82, 2.24) is 15.0 Å². The van der Waals surface area contributed by atoms with E-state index in [1.165, 1.54) is 22.3 Å². The van der Waals surface area contributed by atoms with Crippen LogP contribution in [0.1, 0.15) is 38.9 Å². The summed E-state index contributed by atoms with van der Waals surface area (Å²) in [5.41, 5.74) is 18.4. The van der Waals surface area contributed by atoms with Crippen molar-refractivity contribution in [2.75, 3.05) is 0 Å². The molecule has 6 heteroatoms. The summed E-state index contributed by atoms with van der Waals surface area (Å²) in [5, 5.41) is 9.49. The van der Waals surface area contributed by atoms with Crippen molar-refractivity contribution in [2.45, 2.75) is 39.5 Å². The fourth-order valence-electron chi connectivity index (χ4n) is 9.54. The van der Waals surface area contributed by atoms with Gasteiger partial charge in [0, 0.05) is 35.3 Å². The first-order chi connectivity index (χ1) is 34.3. The molecule has 0 amide bonds. The molecule has 7 aromatic carbocycles. The van der Waals surface area contributed by atoms with Crippen LogP contribution in [0.3, 0.4) is 0 Å². The Labute approximate surface area is 408 Å². The molecular weight excluding hydrogens is 863 g/mol. The number of benzene rings is 7. The van der Waals surface area contributed by atoms with Crippen LogP contribution in [0.25, 0.3) is 78.3 Å². The molecule has 4 nitrogen and oxygen atoms in total. The van der Waals surface area contributed by atoms with Gasteiger partial charge in [-0.3, -0.25) is 15.0 Å². The van der Waals surface area contributed by atoms with Gasteiger partial charge >= 0.3 is 0 Å². The zero-order valence-corrected chi connectivity index (χ0v) is 39.0. The summed E-state index contributed by atoms with van der Waals surface area (Å²) in [7, 11) is 0. The molecule has 0 saturated carbocycles. The molecule has 0 unspecified atom stereocenters. The van der Waals surface area contributed by atoms with Gasteiger partial charge in [-0.05, 0) is 160 Å². The predicted molar refractivity (Wildman–Crippen MR) is 280 cm³/mol. The second-order valence-electron chi connectivity index (χ2n) is 17.7. The van der Waals surface area contributed by atoms with Crippen molar-refractivity contribution in [2.24, 2.45) is 0 Å². The van der Waals surface area contributed by atoms with Crippen LogP contribution in [0.2, 0.25) is 0 Å². The van der Waals surface area contributed by atoms with Crippen LogP contribution in [-0.4, -0.2) is 15.0 Å². The van der Waals surface area contributed by atoms with Gasteiger partial charge in [0.05, 0.1) is 17.1 Å². The normalized spacial score (nSPS) is 11.1. The molecule has 0 spiro atoms. The van der Waals surface area contributed by atoms with Crippen LogP contribution in [0.4, 0.5) is 8.78 Å². The first-order valence-corrected chi connectivity index (χ1v) is 23.6. The van der Waals surface area contributed by atoms with Crippen LogP contribution >= 0.6 is 0 Å². The molecule has 0 saturated heterocycles. The second kappa shape index (κ2) is 20.3. The van der Waals surface area contributed by atoms with Gasteiger partial charge in [-0.2, -0.15) is 5.26 Å². The van der Waals surface area contributed by atoms with Crippen molar-refractivity contribution in [3.05, 3.63) is 257 Å². The first-order valence-electron chi connectivity index (χ1n) is 23.6. The zero-order chi connectivity index (χ0) is 48.0. The van der Waals surface area contributed by atoms with E-state index in [0.29, 0.717) is 11.1 Å². The van der Waals surface area contributed by atoms with Crippen LogP contribution in [0.5, 0.6) is 0 Å². The van der Waals surface area contributed by atoms with Gasteiger partial charge < -0.3 is 0 Å². The molecule has 0 bridgehead atoms. The molecule has 3 heterocycles. The average molecular weight is 911 g/mol. The lowest BCUT2D eigenvalue weighted by molar-refractivity contribution is 0.566. The molecular formula is C64H48F2N4. The van der Waals surface area contributed by atoms with Crippen LogP contribution in [0.15, 0.2) is 207 Å². The van der Waals surface area contributed by atoms with Crippen LogP contribution in [-0.2, 0) is 25.7 Å². The van der Waals surface area contributed by atoms with Crippen molar-refractivity contribution in [3.8, 4) is 84.3 Å². The largest absolute Gasteiger partial charge is 0.256 e. The van der Waals surface area contributed by atoms with Gasteiger partial charge in [0.25, 0.3) is 0 Å². The van der Waals surface area contributed by atoms with E-state index in [-0.39, 0.29) is 11.1 Å². The number of nitrogens with zero attached hydrogens (tertiary/aromatic N) is 4. The Hall–Kier alpha value is -8.66. The number of hydrogen-bond acceptors (Lipinski definition) is 4. The smallest absolute Gasteiger partial charge is 0.147 e. The van der Waals surface area contributed by atoms with E-state index in [0.717, 1.165) is 92.8 Å². The lowest BCUT2D eigenvalue weighted by atomic mass is 9.86. The third-order valence-electron chi connectivity index (χ3n) is 13.2. The van der Waals surface area contributed by atoms with Gasteiger partial charge in [0.2, 0.25) is 0 Å². The highest BCUT2D eigenvalue weighted by Crippen LogP contribution is 2.42. The Bertz CT molecular complexity index is 3360. The molecule has 70 heavy (non-hydrogen) atoms. The summed E-state index contributed by atoms with van der Waals surface area (Å²) >= 11 is 0. The van der Waals surface area contributed by atoms with E-state index in [4.69, 9.17) is 0 Å². The molecule has 10 aromatic rings. The molecule has 0 aliphatic rings. The Morgan fingerprint density at radius 2 is 0.786 bits per heavy atom. The summed E-state index contributed by atoms with van der Waals surface area (Å²) in [5.74, 6) is -1.66. The zero-order valence-electron chi connectivity index (χ0n) is 39.0. The molecule has 0 atom stereocenters. The van der Waals surface area contributed by atoms with E-state index in [9.17, 15) is 5.26 Å². The Balaban J connectivity index is 1.03. The van der Waals surface area contributed by atoms with Crippen molar-refractivity contribution >= 4 is 0 Å². The van der Waals surface area contributed by atoms with E-state index in [1.54, 1.807) is 26.1 Å². The monoisotopic (exact) mass is 910 g/mol. The number of pyridine rings is 3. The number of aromatic nitrogens is 3. The van der Waals surface area contributed by atoms with Crippen molar-refractivity contribution in [3.63, 3.8) is 0 Å². The maximum Gasteiger partial charge on any atom is 0.147 e. The SMILES string of the molecule is Cc1c(F)c(C#N)c(F)c(C)c1-c1ccc(-c2cc(-c3ccccn3)ccc2-c2ccccc2-c2cc(CCc3ccc(-c4ccccn4)cc3)cc(CCc3ccc(-c4ccccn4)cc3)c2)cc1. The van der Waals surface area contributed by atoms with Crippen molar-refractivity contribution < 1.29 is 8.78 Å². The third kappa shape index (κ3) is 9.56. The van der Waals surface area contributed by atoms with E-state index < -0.39 is 17.2 Å². The Kier molecular flexibility index (Phi) is 13.1. The molecule has 0 radical (unpaired) electrons. The van der Waals surface area contributed by atoms with E-state index in [2.05, 4.69) is 124 Å². The second-order valence-corrected chi connectivity index (χ2v) is 17.7. The van der Waals surface area contributed by atoms with Crippen molar-refractivity contribution in [1.29, 1.82) is 5.26 Å². The van der Waals surface area contributed by atoms with Crippen LogP contribution < -0.4 is 0 Å². The lowest BCUT2D eigenvalue weighted by Gasteiger charge is -2.18. The highest BCUT2D eigenvalue weighted by atomic mass is 19.1. The summed E-state index contributed by atoms with van der Waals surface area (Å²) in [6, 6.07) is 67.1. The van der Waals surface area contributed by atoms with Gasteiger partial charge in [-0.15, -0.1) is 0 Å². The van der Waals surface area contributed by atoms with Gasteiger partial charge in [0.1, 0.15) is 23.3 Å². The third-order valence-corrected chi connectivity index (χ3v) is 13.2. The Morgan fingerprint density at radius 3 is 1.27 bits per heavy atom. The minimum Gasteiger partial charge on any atom is -0.256 e. The lowest BCUT2D eigenvalue weighted by Crippen LogP contribution is -2.02. The average Bonchev–Trinajstić information content (AvgIpc) is 3.42. The molecule has 10 rings (SSSR count). The van der Waals surface area contributed by atoms with Gasteiger partial charge in [-0.1, -0.05) is 146 Å². The highest BCUT2D eigenvalue weighted by molar-refractivity contribution is 5.94.